The van der Waals surface area contributed by atoms with E-state index >= 15 is 0 Å². The first-order valence-corrected chi connectivity index (χ1v) is 8.24. The molecule has 0 aliphatic carbocycles. The number of benzene rings is 1. The molecule has 1 aromatic carbocycles. The quantitative estimate of drug-likeness (QED) is 0.878. The lowest BCUT2D eigenvalue weighted by Crippen LogP contribution is -2.33. The maximum Gasteiger partial charge on any atom is 0.341 e. The van der Waals surface area contributed by atoms with Crippen molar-refractivity contribution in [3.05, 3.63) is 51.9 Å². The second-order valence-corrected chi connectivity index (χ2v) is 6.63. The number of nitrogen functional groups attached to an aromatic ring is 1. The third-order valence-corrected chi connectivity index (χ3v) is 4.99. The average Bonchev–Trinajstić information content (AvgIpc) is 2.88. The van der Waals surface area contributed by atoms with Crippen LogP contribution in [0.25, 0.3) is 0 Å². The van der Waals surface area contributed by atoms with Gasteiger partial charge in [-0.2, -0.15) is 0 Å². The van der Waals surface area contributed by atoms with Gasteiger partial charge in [0.15, 0.2) is 0 Å². The number of ether oxygens (including phenoxy) is 1. The van der Waals surface area contributed by atoms with Gasteiger partial charge in [-0.3, -0.25) is 4.79 Å². The van der Waals surface area contributed by atoms with Crippen LogP contribution in [-0.2, 0) is 29.1 Å². The molecule has 1 amide bonds. The zero-order valence-corrected chi connectivity index (χ0v) is 13.7. The van der Waals surface area contributed by atoms with Gasteiger partial charge in [0.1, 0.15) is 11.6 Å². The van der Waals surface area contributed by atoms with E-state index in [2.05, 4.69) is 0 Å². The first kappa shape index (κ1) is 15.6. The molecule has 3 rings (SSSR count). The van der Waals surface area contributed by atoms with Crippen LogP contribution in [0.3, 0.4) is 0 Å². The fourth-order valence-electron chi connectivity index (χ4n) is 2.71. The molecule has 120 valence electrons. The van der Waals surface area contributed by atoms with Gasteiger partial charge < -0.3 is 15.4 Å². The van der Waals surface area contributed by atoms with Gasteiger partial charge in [-0.15, -0.1) is 11.3 Å². The maximum absolute atomic E-state index is 12.4. The number of carbonyl (C=O) groups is 2. The highest BCUT2D eigenvalue weighted by molar-refractivity contribution is 7.16. The zero-order valence-electron chi connectivity index (χ0n) is 12.9. The smallest absolute Gasteiger partial charge is 0.341 e. The lowest BCUT2D eigenvalue weighted by molar-refractivity contribution is -0.129. The van der Waals surface area contributed by atoms with Crippen molar-refractivity contribution in [2.75, 3.05) is 12.3 Å². The summed E-state index contributed by atoms with van der Waals surface area (Å²) in [7, 11) is 0. The SMILES string of the molecule is CC(=O)N1CCc2c(sc(N)c2C(=O)OCc2ccccc2)C1. The Labute approximate surface area is 138 Å². The summed E-state index contributed by atoms with van der Waals surface area (Å²) in [5.41, 5.74) is 8.37. The fraction of sp³-hybridized carbons (Fsp3) is 0.294. The Morgan fingerprint density at radius 2 is 2.04 bits per heavy atom. The van der Waals surface area contributed by atoms with E-state index in [0.29, 0.717) is 30.1 Å². The molecule has 1 aromatic heterocycles. The van der Waals surface area contributed by atoms with Crippen LogP contribution in [-0.4, -0.2) is 23.3 Å². The van der Waals surface area contributed by atoms with E-state index in [9.17, 15) is 9.59 Å². The van der Waals surface area contributed by atoms with Gasteiger partial charge >= 0.3 is 5.97 Å². The molecule has 0 atom stereocenters. The van der Waals surface area contributed by atoms with E-state index in [4.69, 9.17) is 10.5 Å². The van der Waals surface area contributed by atoms with Gasteiger partial charge in [-0.05, 0) is 17.5 Å². The number of carbonyl (C=O) groups excluding carboxylic acids is 2. The third-order valence-electron chi connectivity index (χ3n) is 3.95. The molecule has 0 bridgehead atoms. The molecule has 23 heavy (non-hydrogen) atoms. The Morgan fingerprint density at radius 1 is 1.30 bits per heavy atom. The summed E-state index contributed by atoms with van der Waals surface area (Å²) in [6, 6.07) is 9.54. The molecule has 1 aliphatic heterocycles. The number of thiophene rings is 1. The van der Waals surface area contributed by atoms with E-state index in [-0.39, 0.29) is 18.5 Å². The van der Waals surface area contributed by atoms with Crippen LogP contribution in [0.15, 0.2) is 30.3 Å². The van der Waals surface area contributed by atoms with Crippen LogP contribution < -0.4 is 5.73 Å². The summed E-state index contributed by atoms with van der Waals surface area (Å²) in [4.78, 5) is 26.7. The number of nitrogens with zero attached hydrogens (tertiary/aromatic N) is 1. The molecule has 2 aromatic rings. The molecular formula is C17H18N2O3S. The van der Waals surface area contributed by atoms with Crippen LogP contribution in [0.1, 0.15) is 33.3 Å². The predicted molar refractivity (Wildman–Crippen MR) is 89.1 cm³/mol. The number of hydrogen-bond acceptors (Lipinski definition) is 5. The van der Waals surface area contributed by atoms with Crippen LogP contribution in [0.5, 0.6) is 0 Å². The molecule has 0 spiro atoms. The van der Waals surface area contributed by atoms with Crippen LogP contribution >= 0.6 is 11.3 Å². The molecule has 0 saturated carbocycles. The minimum atomic E-state index is -0.389. The first-order valence-electron chi connectivity index (χ1n) is 7.43. The Bertz CT molecular complexity index is 740. The van der Waals surface area contributed by atoms with Gasteiger partial charge in [0, 0.05) is 18.3 Å². The Balaban J connectivity index is 1.76. The topological polar surface area (TPSA) is 72.6 Å². The van der Waals surface area contributed by atoms with Crippen molar-refractivity contribution in [1.29, 1.82) is 0 Å². The number of anilines is 1. The van der Waals surface area contributed by atoms with Crippen molar-refractivity contribution in [2.45, 2.75) is 26.5 Å². The minimum Gasteiger partial charge on any atom is -0.457 e. The monoisotopic (exact) mass is 330 g/mol. The average molecular weight is 330 g/mol. The predicted octanol–water partition coefficient (Wildman–Crippen LogP) is 2.59. The molecule has 6 heteroatoms. The molecule has 2 N–H and O–H groups in total. The summed E-state index contributed by atoms with van der Waals surface area (Å²) in [6.07, 6.45) is 0.637. The van der Waals surface area contributed by atoms with E-state index in [1.54, 1.807) is 11.8 Å². The Kier molecular flexibility index (Phi) is 4.34. The lowest BCUT2D eigenvalue weighted by Gasteiger charge is -2.25. The summed E-state index contributed by atoms with van der Waals surface area (Å²) >= 11 is 1.37. The summed E-state index contributed by atoms with van der Waals surface area (Å²) in [5.74, 6) is -0.351. The van der Waals surface area contributed by atoms with Crippen LogP contribution in [0.2, 0.25) is 0 Å². The fourth-order valence-corrected chi connectivity index (χ4v) is 3.83. The van der Waals surface area contributed by atoms with Crippen molar-refractivity contribution in [1.82, 2.24) is 4.90 Å². The number of amides is 1. The molecular weight excluding hydrogens is 312 g/mol. The maximum atomic E-state index is 12.4. The molecule has 0 unspecified atom stereocenters. The van der Waals surface area contributed by atoms with Gasteiger partial charge in [0.2, 0.25) is 5.91 Å². The highest BCUT2D eigenvalue weighted by Crippen LogP contribution is 2.35. The highest BCUT2D eigenvalue weighted by Gasteiger charge is 2.28. The second kappa shape index (κ2) is 6.42. The normalized spacial score (nSPS) is 13.5. The number of hydrogen-bond donors (Lipinski definition) is 1. The summed E-state index contributed by atoms with van der Waals surface area (Å²) < 4.78 is 5.40. The lowest BCUT2D eigenvalue weighted by atomic mass is 10.0. The number of nitrogens with two attached hydrogens (primary N) is 1. The van der Waals surface area contributed by atoms with Gasteiger partial charge in [0.05, 0.1) is 12.1 Å². The molecule has 0 saturated heterocycles. The van der Waals surface area contributed by atoms with Crippen molar-refractivity contribution >= 4 is 28.2 Å². The molecule has 0 radical (unpaired) electrons. The van der Waals surface area contributed by atoms with E-state index in [0.717, 1.165) is 16.0 Å². The number of esters is 1. The Hall–Kier alpha value is -2.34. The van der Waals surface area contributed by atoms with E-state index < -0.39 is 0 Å². The van der Waals surface area contributed by atoms with Crippen molar-refractivity contribution < 1.29 is 14.3 Å². The first-order chi connectivity index (χ1) is 11.1. The van der Waals surface area contributed by atoms with Crippen molar-refractivity contribution in [2.24, 2.45) is 0 Å². The third kappa shape index (κ3) is 3.22. The molecule has 5 nitrogen and oxygen atoms in total. The highest BCUT2D eigenvalue weighted by atomic mass is 32.1. The van der Waals surface area contributed by atoms with Gasteiger partial charge in [0.25, 0.3) is 0 Å². The van der Waals surface area contributed by atoms with E-state index in [1.807, 2.05) is 30.3 Å². The van der Waals surface area contributed by atoms with Crippen LogP contribution in [0.4, 0.5) is 5.00 Å². The zero-order chi connectivity index (χ0) is 16.4. The standard InChI is InChI=1S/C17H18N2O3S/c1-11(20)19-8-7-13-14(9-19)23-16(18)15(13)17(21)22-10-12-5-3-2-4-6-12/h2-6H,7-10,18H2,1H3. The second-order valence-electron chi connectivity index (χ2n) is 5.50. The summed E-state index contributed by atoms with van der Waals surface area (Å²) in [5, 5.41) is 0.471. The van der Waals surface area contributed by atoms with E-state index in [1.165, 1.54) is 11.3 Å². The minimum absolute atomic E-state index is 0.0378. The van der Waals surface area contributed by atoms with Crippen molar-refractivity contribution in [3.63, 3.8) is 0 Å². The largest absolute Gasteiger partial charge is 0.457 e. The van der Waals surface area contributed by atoms with Gasteiger partial charge in [-0.25, -0.2) is 4.79 Å². The van der Waals surface area contributed by atoms with Gasteiger partial charge in [-0.1, -0.05) is 30.3 Å². The summed E-state index contributed by atoms with van der Waals surface area (Å²) in [6.45, 7) is 2.91. The molecule has 0 fully saturated rings. The van der Waals surface area contributed by atoms with Crippen LogP contribution in [0, 0.1) is 0 Å². The Morgan fingerprint density at radius 3 is 2.74 bits per heavy atom. The number of fused-ring (bicyclic) bond motifs is 1. The number of rotatable bonds is 3. The van der Waals surface area contributed by atoms with Crippen molar-refractivity contribution in [3.8, 4) is 0 Å². The molecule has 1 aliphatic rings. The molecule has 2 heterocycles.